The molecule has 35 heavy (non-hydrogen) atoms. The van der Waals surface area contributed by atoms with Crippen LogP contribution in [0, 0.1) is 4.84 Å². The van der Waals surface area contributed by atoms with Gasteiger partial charge in [0.05, 0.1) is 12.2 Å². The Balaban J connectivity index is 1.72. The molecule has 0 saturated heterocycles. The summed E-state index contributed by atoms with van der Waals surface area (Å²) in [5.74, 6) is 0.407. The molecule has 0 radical (unpaired) electrons. The van der Waals surface area contributed by atoms with E-state index in [1.165, 1.54) is 0 Å². The smallest absolute Gasteiger partial charge is 0.295 e. The second-order valence-electron chi connectivity index (χ2n) is 8.09. The number of nitrogens with one attached hydrogen (secondary N) is 1. The van der Waals surface area contributed by atoms with Gasteiger partial charge in [-0.3, -0.25) is 19.1 Å². The van der Waals surface area contributed by atoms with Gasteiger partial charge in [-0.25, -0.2) is 0 Å². The number of Topliss-reactive ketones (excluding diaryl/α,β-unsaturated/α-hetero) is 1. The Labute approximate surface area is 210 Å². The van der Waals surface area contributed by atoms with Gasteiger partial charge in [0.1, 0.15) is 0 Å². The number of aromatic nitrogens is 3. The standard InChI is InChI=1S/C27H20ClN3O3S/c1-2-22(32)24-23(17-6-4-3-5-7-17)21-14-19(28)12-13-20(21)26(33)31(24)15-16-8-10-18(11-9-16)25-29-27(35)34-30-25/h3-14H,2,15H2,1H3,(H,29,30,35). The predicted octanol–water partition coefficient (Wildman–Crippen LogP) is 6.68. The second-order valence-corrected chi connectivity index (χ2v) is 8.90. The number of rotatable bonds is 6. The van der Waals surface area contributed by atoms with Crippen molar-refractivity contribution in [1.82, 2.24) is 14.7 Å². The lowest BCUT2D eigenvalue weighted by Gasteiger charge is -2.19. The zero-order valence-corrected chi connectivity index (χ0v) is 20.3. The first-order chi connectivity index (χ1) is 17.0. The first kappa shape index (κ1) is 23.0. The molecule has 6 nitrogen and oxygen atoms in total. The molecule has 0 aliphatic heterocycles. The van der Waals surface area contributed by atoms with E-state index in [1.54, 1.807) is 29.7 Å². The van der Waals surface area contributed by atoms with Crippen LogP contribution in [0.3, 0.4) is 0 Å². The van der Waals surface area contributed by atoms with E-state index in [4.69, 9.17) is 28.3 Å². The lowest BCUT2D eigenvalue weighted by atomic mass is 9.94. The molecule has 0 fully saturated rings. The summed E-state index contributed by atoms with van der Waals surface area (Å²) in [4.78, 5) is 30.1. The van der Waals surface area contributed by atoms with Crippen LogP contribution < -0.4 is 5.56 Å². The summed E-state index contributed by atoms with van der Waals surface area (Å²) < 4.78 is 6.51. The largest absolute Gasteiger partial charge is 0.324 e. The van der Waals surface area contributed by atoms with Crippen LogP contribution in [0.5, 0.6) is 0 Å². The number of carbonyl (C=O) groups excluding carboxylic acids is 1. The van der Waals surface area contributed by atoms with Gasteiger partial charge in [-0.1, -0.05) is 78.3 Å². The van der Waals surface area contributed by atoms with Crippen molar-refractivity contribution in [2.45, 2.75) is 19.9 Å². The Hall–Kier alpha value is -3.81. The molecular formula is C27H20ClN3O3S. The summed E-state index contributed by atoms with van der Waals surface area (Å²) >= 11 is 11.3. The van der Waals surface area contributed by atoms with Crippen molar-refractivity contribution >= 4 is 40.4 Å². The Morgan fingerprint density at radius 1 is 1.03 bits per heavy atom. The molecule has 0 saturated carbocycles. The summed E-state index contributed by atoms with van der Waals surface area (Å²) in [5.41, 5.74) is 3.35. The van der Waals surface area contributed by atoms with E-state index in [9.17, 15) is 9.59 Å². The molecular weight excluding hydrogens is 482 g/mol. The van der Waals surface area contributed by atoms with E-state index >= 15 is 0 Å². The van der Waals surface area contributed by atoms with Crippen molar-refractivity contribution < 1.29 is 9.32 Å². The molecule has 8 heteroatoms. The van der Waals surface area contributed by atoms with E-state index in [0.717, 1.165) is 16.7 Å². The van der Waals surface area contributed by atoms with Gasteiger partial charge >= 0.3 is 0 Å². The highest BCUT2D eigenvalue weighted by molar-refractivity contribution is 7.71. The number of halogens is 1. The van der Waals surface area contributed by atoms with Crippen LogP contribution in [0.15, 0.2) is 82.1 Å². The third-order valence-corrected chi connectivity index (χ3v) is 6.30. The topological polar surface area (TPSA) is 80.9 Å². The quantitative estimate of drug-likeness (QED) is 0.207. The van der Waals surface area contributed by atoms with E-state index in [1.807, 2.05) is 54.6 Å². The molecule has 0 aliphatic carbocycles. The zero-order valence-electron chi connectivity index (χ0n) is 18.7. The number of aromatic amines is 1. The van der Waals surface area contributed by atoms with E-state index in [-0.39, 0.29) is 29.1 Å². The number of hydrogen-bond acceptors (Lipinski definition) is 5. The maximum atomic E-state index is 13.7. The average molecular weight is 502 g/mol. The Bertz CT molecular complexity index is 1670. The highest BCUT2D eigenvalue weighted by Gasteiger charge is 2.23. The molecule has 0 amide bonds. The molecule has 3 aromatic carbocycles. The van der Waals surface area contributed by atoms with Crippen LogP contribution in [0.4, 0.5) is 0 Å². The predicted molar refractivity (Wildman–Crippen MR) is 140 cm³/mol. The highest BCUT2D eigenvalue weighted by Crippen LogP contribution is 2.33. The fourth-order valence-electron chi connectivity index (χ4n) is 4.23. The summed E-state index contributed by atoms with van der Waals surface area (Å²) in [6.45, 7) is 2.03. The Morgan fingerprint density at radius 2 is 1.77 bits per heavy atom. The van der Waals surface area contributed by atoms with Crippen molar-refractivity contribution in [2.24, 2.45) is 0 Å². The maximum Gasteiger partial charge on any atom is 0.295 e. The number of fused-ring (bicyclic) bond motifs is 1. The van der Waals surface area contributed by atoms with Gasteiger partial charge in [0.2, 0.25) is 0 Å². The molecule has 5 aromatic rings. The summed E-state index contributed by atoms with van der Waals surface area (Å²) in [5, 5.41) is 5.58. The van der Waals surface area contributed by atoms with Crippen LogP contribution in [0.2, 0.25) is 5.02 Å². The lowest BCUT2D eigenvalue weighted by Crippen LogP contribution is -2.28. The number of ketones is 1. The first-order valence-corrected chi connectivity index (χ1v) is 11.8. The van der Waals surface area contributed by atoms with Crippen LogP contribution in [-0.4, -0.2) is 20.5 Å². The monoisotopic (exact) mass is 501 g/mol. The van der Waals surface area contributed by atoms with Crippen molar-refractivity contribution in [3.05, 3.63) is 104 Å². The molecule has 0 spiro atoms. The van der Waals surface area contributed by atoms with Crippen LogP contribution in [0.25, 0.3) is 33.3 Å². The van der Waals surface area contributed by atoms with Crippen LogP contribution in [-0.2, 0) is 6.54 Å². The molecule has 2 heterocycles. The molecule has 5 rings (SSSR count). The van der Waals surface area contributed by atoms with Crippen LogP contribution >= 0.6 is 23.8 Å². The van der Waals surface area contributed by atoms with Gasteiger partial charge in [0, 0.05) is 28.0 Å². The lowest BCUT2D eigenvalue weighted by molar-refractivity contribution is 0.0979. The minimum absolute atomic E-state index is 0.116. The normalized spacial score (nSPS) is 11.1. The zero-order chi connectivity index (χ0) is 24.5. The number of carbonyl (C=O) groups is 1. The number of benzene rings is 3. The maximum absolute atomic E-state index is 13.7. The fourth-order valence-corrected chi connectivity index (χ4v) is 4.54. The summed E-state index contributed by atoms with van der Waals surface area (Å²) in [6, 6.07) is 22.3. The fraction of sp³-hybridized carbons (Fsp3) is 0.111. The molecule has 0 unspecified atom stereocenters. The van der Waals surface area contributed by atoms with E-state index < -0.39 is 0 Å². The van der Waals surface area contributed by atoms with Crippen molar-refractivity contribution in [2.75, 3.05) is 0 Å². The molecule has 0 atom stereocenters. The first-order valence-electron chi connectivity index (χ1n) is 11.1. The number of nitrogens with zero attached hydrogens (tertiary/aromatic N) is 2. The van der Waals surface area contributed by atoms with Gasteiger partial charge in [-0.15, -0.1) is 0 Å². The molecule has 0 bridgehead atoms. The minimum Gasteiger partial charge on any atom is -0.324 e. The Morgan fingerprint density at radius 3 is 2.43 bits per heavy atom. The number of pyridine rings is 1. The van der Waals surface area contributed by atoms with Crippen molar-refractivity contribution in [3.63, 3.8) is 0 Å². The Kier molecular flexibility index (Phi) is 6.19. The van der Waals surface area contributed by atoms with Gasteiger partial charge in [-0.2, -0.15) is 0 Å². The molecule has 1 N–H and O–H groups in total. The number of H-pyrrole nitrogens is 1. The van der Waals surface area contributed by atoms with E-state index in [0.29, 0.717) is 32.9 Å². The van der Waals surface area contributed by atoms with Gasteiger partial charge < -0.3 is 4.52 Å². The third-order valence-electron chi connectivity index (χ3n) is 5.89. The van der Waals surface area contributed by atoms with Crippen molar-refractivity contribution in [3.8, 4) is 22.5 Å². The molecule has 174 valence electrons. The third kappa shape index (κ3) is 4.36. The second kappa shape index (κ2) is 9.44. The van der Waals surface area contributed by atoms with Gasteiger partial charge in [0.15, 0.2) is 11.6 Å². The van der Waals surface area contributed by atoms with E-state index in [2.05, 4.69) is 10.1 Å². The minimum atomic E-state index is -0.238. The SMILES string of the molecule is CCC(=O)c1c(-c2ccccc2)c2cc(Cl)ccc2c(=O)n1Cc1ccc(-c2noc(=S)[nH]2)cc1. The highest BCUT2D eigenvalue weighted by atomic mass is 35.5. The van der Waals surface area contributed by atoms with Gasteiger partial charge in [-0.05, 0) is 46.9 Å². The van der Waals surface area contributed by atoms with Crippen molar-refractivity contribution in [1.29, 1.82) is 0 Å². The number of hydrogen-bond donors (Lipinski definition) is 1. The average Bonchev–Trinajstić information content (AvgIpc) is 3.32. The molecule has 0 aliphatic rings. The van der Waals surface area contributed by atoms with Crippen LogP contribution in [0.1, 0.15) is 29.4 Å². The summed E-state index contributed by atoms with van der Waals surface area (Å²) in [7, 11) is 0. The molecule has 2 aromatic heterocycles. The summed E-state index contributed by atoms with van der Waals surface area (Å²) in [6.07, 6.45) is 0.260. The van der Waals surface area contributed by atoms with Gasteiger partial charge in [0.25, 0.3) is 10.4 Å².